The molecule has 2 nitrogen and oxygen atoms in total. The monoisotopic (exact) mass is 286 g/mol. The van der Waals surface area contributed by atoms with E-state index in [-0.39, 0.29) is 6.61 Å². The molecule has 82 valence electrons. The molecule has 0 atom stereocenters. The van der Waals surface area contributed by atoms with Gasteiger partial charge in [0.05, 0.1) is 5.56 Å². The average Bonchev–Trinajstić information content (AvgIpc) is 2.13. The van der Waals surface area contributed by atoms with Gasteiger partial charge in [-0.25, -0.2) is 4.79 Å². The molecule has 0 saturated heterocycles. The van der Waals surface area contributed by atoms with Gasteiger partial charge >= 0.3 is 5.97 Å². The number of esters is 1. The lowest BCUT2D eigenvalue weighted by molar-refractivity contribution is 0.0512. The van der Waals surface area contributed by atoms with Crippen LogP contribution in [0.2, 0.25) is 5.02 Å². The lowest BCUT2D eigenvalue weighted by Crippen LogP contribution is -2.17. The summed E-state index contributed by atoms with van der Waals surface area (Å²) in [5.41, 5.74) is 0.316. The third-order valence-electron chi connectivity index (χ3n) is 1.43. The van der Waals surface area contributed by atoms with Gasteiger partial charge in [0.2, 0.25) is 3.79 Å². The number of alkyl halides is 3. The molecule has 15 heavy (non-hydrogen) atoms. The number of hydrogen-bond acceptors (Lipinski definition) is 2. The zero-order chi connectivity index (χ0) is 11.5. The molecule has 1 aromatic rings. The predicted molar refractivity (Wildman–Crippen MR) is 62.0 cm³/mol. The summed E-state index contributed by atoms with van der Waals surface area (Å²) in [6.45, 7) is -0.303. The molecule has 0 bridgehead atoms. The SMILES string of the molecule is O=C(OCC(Cl)(Cl)Cl)c1cccc(Cl)c1. The predicted octanol–water partition coefficient (Wildman–Crippen LogP) is 3.87. The van der Waals surface area contributed by atoms with Crippen molar-refractivity contribution in [2.75, 3.05) is 6.61 Å². The number of benzene rings is 1. The second kappa shape index (κ2) is 5.26. The Labute approximate surface area is 107 Å². The smallest absolute Gasteiger partial charge is 0.338 e. The van der Waals surface area contributed by atoms with Crippen LogP contribution in [-0.2, 0) is 4.74 Å². The summed E-state index contributed by atoms with van der Waals surface area (Å²) >= 11 is 22.0. The Hall–Kier alpha value is -0.150. The van der Waals surface area contributed by atoms with Gasteiger partial charge in [0, 0.05) is 5.02 Å². The van der Waals surface area contributed by atoms with Crippen LogP contribution >= 0.6 is 46.4 Å². The van der Waals surface area contributed by atoms with Gasteiger partial charge in [-0.05, 0) is 18.2 Å². The Morgan fingerprint density at radius 3 is 2.53 bits per heavy atom. The first-order chi connectivity index (χ1) is 6.88. The van der Waals surface area contributed by atoms with E-state index < -0.39 is 9.76 Å². The van der Waals surface area contributed by atoms with Crippen LogP contribution in [0.4, 0.5) is 0 Å². The fourth-order valence-electron chi connectivity index (χ4n) is 0.846. The molecule has 0 spiro atoms. The van der Waals surface area contributed by atoms with Crippen LogP contribution in [0.25, 0.3) is 0 Å². The molecular formula is C9H6Cl4O2. The van der Waals surface area contributed by atoms with Gasteiger partial charge in [0.25, 0.3) is 0 Å². The normalized spacial score (nSPS) is 11.2. The molecule has 0 heterocycles. The highest BCUT2D eigenvalue weighted by Crippen LogP contribution is 2.26. The van der Waals surface area contributed by atoms with Crippen LogP contribution in [-0.4, -0.2) is 16.4 Å². The van der Waals surface area contributed by atoms with Gasteiger partial charge in [0.1, 0.15) is 6.61 Å². The third kappa shape index (κ3) is 4.94. The van der Waals surface area contributed by atoms with E-state index in [4.69, 9.17) is 51.1 Å². The second-order valence-electron chi connectivity index (χ2n) is 2.70. The molecule has 0 aliphatic rings. The molecule has 0 aliphatic heterocycles. The van der Waals surface area contributed by atoms with E-state index >= 15 is 0 Å². The molecule has 0 aliphatic carbocycles. The van der Waals surface area contributed by atoms with Crippen LogP contribution in [0.15, 0.2) is 24.3 Å². The minimum Gasteiger partial charge on any atom is -0.458 e. The van der Waals surface area contributed by atoms with Crippen molar-refractivity contribution in [3.8, 4) is 0 Å². The fraction of sp³-hybridized carbons (Fsp3) is 0.222. The molecule has 0 aromatic heterocycles. The van der Waals surface area contributed by atoms with E-state index in [1.165, 1.54) is 6.07 Å². The van der Waals surface area contributed by atoms with Crippen LogP contribution in [0.5, 0.6) is 0 Å². The van der Waals surface area contributed by atoms with Gasteiger partial charge in [-0.3, -0.25) is 0 Å². The van der Waals surface area contributed by atoms with E-state index in [1.54, 1.807) is 18.2 Å². The molecular weight excluding hydrogens is 282 g/mol. The van der Waals surface area contributed by atoms with Crippen molar-refractivity contribution in [2.24, 2.45) is 0 Å². The van der Waals surface area contributed by atoms with Crippen molar-refractivity contribution >= 4 is 52.4 Å². The zero-order valence-corrected chi connectivity index (χ0v) is 10.4. The summed E-state index contributed by atoms with van der Waals surface area (Å²) in [6.07, 6.45) is 0. The topological polar surface area (TPSA) is 26.3 Å². The summed E-state index contributed by atoms with van der Waals surface area (Å²) in [5.74, 6) is -0.580. The maximum absolute atomic E-state index is 11.4. The average molecular weight is 288 g/mol. The van der Waals surface area contributed by atoms with Crippen molar-refractivity contribution in [1.82, 2.24) is 0 Å². The Morgan fingerprint density at radius 2 is 2.00 bits per heavy atom. The van der Waals surface area contributed by atoms with Gasteiger partial charge in [-0.1, -0.05) is 52.5 Å². The molecule has 0 unspecified atom stereocenters. The highest BCUT2D eigenvalue weighted by atomic mass is 35.6. The van der Waals surface area contributed by atoms with Gasteiger partial charge in [-0.15, -0.1) is 0 Å². The lowest BCUT2D eigenvalue weighted by Gasteiger charge is -2.11. The van der Waals surface area contributed by atoms with E-state index in [1.807, 2.05) is 0 Å². The zero-order valence-electron chi connectivity index (χ0n) is 7.34. The van der Waals surface area contributed by atoms with Gasteiger partial charge in [0.15, 0.2) is 0 Å². The first-order valence-corrected chi connectivity index (χ1v) is 5.39. The van der Waals surface area contributed by atoms with Gasteiger partial charge in [-0.2, -0.15) is 0 Å². The molecule has 0 radical (unpaired) electrons. The van der Waals surface area contributed by atoms with E-state index in [0.717, 1.165) is 0 Å². The van der Waals surface area contributed by atoms with Crippen molar-refractivity contribution in [3.05, 3.63) is 34.9 Å². The van der Waals surface area contributed by atoms with Gasteiger partial charge < -0.3 is 4.74 Å². The maximum Gasteiger partial charge on any atom is 0.338 e. The van der Waals surface area contributed by atoms with E-state index in [9.17, 15) is 4.79 Å². The van der Waals surface area contributed by atoms with Crippen molar-refractivity contribution < 1.29 is 9.53 Å². The van der Waals surface area contributed by atoms with Crippen molar-refractivity contribution in [2.45, 2.75) is 3.79 Å². The number of hydrogen-bond donors (Lipinski definition) is 0. The van der Waals surface area contributed by atoms with Crippen LogP contribution in [0.1, 0.15) is 10.4 Å². The summed E-state index contributed by atoms with van der Waals surface area (Å²) in [6, 6.07) is 6.32. The van der Waals surface area contributed by atoms with E-state index in [0.29, 0.717) is 10.6 Å². The van der Waals surface area contributed by atoms with Crippen molar-refractivity contribution in [3.63, 3.8) is 0 Å². The number of ether oxygens (including phenoxy) is 1. The first kappa shape index (κ1) is 12.9. The van der Waals surface area contributed by atoms with Crippen LogP contribution < -0.4 is 0 Å². The minimum atomic E-state index is -1.60. The Morgan fingerprint density at radius 1 is 1.33 bits per heavy atom. The number of carbonyl (C=O) groups excluding carboxylic acids is 1. The van der Waals surface area contributed by atoms with Crippen LogP contribution in [0.3, 0.4) is 0 Å². The quantitative estimate of drug-likeness (QED) is 0.610. The summed E-state index contributed by atoms with van der Waals surface area (Å²) in [5, 5.41) is 0.443. The first-order valence-electron chi connectivity index (χ1n) is 3.88. The second-order valence-corrected chi connectivity index (χ2v) is 5.65. The molecule has 0 amide bonds. The van der Waals surface area contributed by atoms with Crippen molar-refractivity contribution in [1.29, 1.82) is 0 Å². The maximum atomic E-state index is 11.4. The van der Waals surface area contributed by atoms with Crippen LogP contribution in [0, 0.1) is 0 Å². The summed E-state index contributed by atoms with van der Waals surface area (Å²) in [4.78, 5) is 11.4. The Kier molecular flexibility index (Phi) is 4.53. The number of halogens is 4. The molecule has 0 fully saturated rings. The molecule has 0 saturated carbocycles. The minimum absolute atomic E-state index is 0.303. The fourth-order valence-corrected chi connectivity index (χ4v) is 1.20. The highest BCUT2D eigenvalue weighted by molar-refractivity contribution is 6.67. The van der Waals surface area contributed by atoms with E-state index in [2.05, 4.69) is 0 Å². The summed E-state index contributed by atoms with van der Waals surface area (Å²) < 4.78 is 3.15. The summed E-state index contributed by atoms with van der Waals surface area (Å²) in [7, 11) is 0. The molecule has 1 aromatic carbocycles. The molecule has 0 N–H and O–H groups in total. The number of carbonyl (C=O) groups is 1. The third-order valence-corrected chi connectivity index (χ3v) is 1.99. The Balaban J connectivity index is 2.62. The number of rotatable bonds is 2. The molecule has 1 rings (SSSR count). The standard InChI is InChI=1S/C9H6Cl4O2/c10-7-3-1-2-6(4-7)8(14)15-5-9(11,12)13/h1-4H,5H2. The lowest BCUT2D eigenvalue weighted by atomic mass is 10.2. The largest absolute Gasteiger partial charge is 0.458 e. The Bertz CT molecular complexity index is 359. The highest BCUT2D eigenvalue weighted by Gasteiger charge is 2.22. The molecule has 6 heteroatoms.